The van der Waals surface area contributed by atoms with E-state index in [4.69, 9.17) is 10.5 Å². The van der Waals surface area contributed by atoms with Gasteiger partial charge in [0.05, 0.1) is 6.61 Å². The molecule has 0 aromatic carbocycles. The maximum absolute atomic E-state index is 12.0. The summed E-state index contributed by atoms with van der Waals surface area (Å²) in [5, 5.41) is 0.856. The molecule has 1 fully saturated rings. The third-order valence-corrected chi connectivity index (χ3v) is 4.72. The Balaban J connectivity index is 2.23. The number of nitrogens with two attached hydrogens (primary N) is 1. The second-order valence-corrected chi connectivity index (χ2v) is 5.91. The molecule has 1 aliphatic rings. The quantitative estimate of drug-likeness (QED) is 0.863. The van der Waals surface area contributed by atoms with Gasteiger partial charge < -0.3 is 15.4 Å². The molecule has 1 aromatic rings. The maximum Gasteiger partial charge on any atom is 0.345 e. The minimum atomic E-state index is -0.366. The molecule has 0 radical (unpaired) electrons. The number of rotatable bonds is 3. The molecule has 0 aliphatic carbocycles. The number of nitrogen functional groups attached to an aromatic ring is 1. The molecule has 19 heavy (non-hydrogen) atoms. The van der Waals surface area contributed by atoms with Crippen LogP contribution in [0.2, 0.25) is 0 Å². The van der Waals surface area contributed by atoms with Gasteiger partial charge in [0, 0.05) is 13.1 Å². The highest BCUT2D eigenvalue weighted by molar-refractivity contribution is 7.11. The van der Waals surface area contributed by atoms with Crippen LogP contribution in [-0.2, 0) is 4.74 Å². The number of nitrogens with zero attached hydrogens (tertiary/aromatic N) is 2. The molecule has 2 rings (SSSR count). The smallest absolute Gasteiger partial charge is 0.345 e. The van der Waals surface area contributed by atoms with E-state index in [1.807, 2.05) is 0 Å². The van der Waals surface area contributed by atoms with Gasteiger partial charge in [0.1, 0.15) is 10.6 Å². The van der Waals surface area contributed by atoms with Gasteiger partial charge in [-0.25, -0.2) is 4.79 Å². The second-order valence-electron chi connectivity index (χ2n) is 5.16. The lowest BCUT2D eigenvalue weighted by atomic mass is 9.89. The predicted molar refractivity (Wildman–Crippen MR) is 77.6 cm³/mol. The Morgan fingerprint density at radius 1 is 1.53 bits per heavy atom. The molecular formula is C13H21N3O2S. The van der Waals surface area contributed by atoms with Gasteiger partial charge in [-0.05, 0) is 36.7 Å². The summed E-state index contributed by atoms with van der Waals surface area (Å²) in [6.07, 6.45) is 1.13. The fraction of sp³-hybridized carbons (Fsp3) is 0.692. The van der Waals surface area contributed by atoms with E-state index in [1.54, 1.807) is 6.92 Å². The topological polar surface area (TPSA) is 68.5 Å². The molecule has 2 heterocycles. The van der Waals surface area contributed by atoms with E-state index in [9.17, 15) is 4.79 Å². The van der Waals surface area contributed by atoms with Crippen molar-refractivity contribution in [3.8, 4) is 0 Å². The summed E-state index contributed by atoms with van der Waals surface area (Å²) in [4.78, 5) is 14.2. The van der Waals surface area contributed by atoms with Crippen LogP contribution in [0, 0.1) is 11.8 Å². The predicted octanol–water partition coefficient (Wildman–Crippen LogP) is 2.38. The van der Waals surface area contributed by atoms with Gasteiger partial charge in [-0.15, -0.1) is 0 Å². The average molecular weight is 283 g/mol. The number of hydrogen-bond donors (Lipinski definition) is 1. The van der Waals surface area contributed by atoms with Crippen molar-refractivity contribution >= 4 is 28.3 Å². The lowest BCUT2D eigenvalue weighted by Crippen LogP contribution is -2.38. The van der Waals surface area contributed by atoms with Crippen LogP contribution in [0.25, 0.3) is 0 Å². The zero-order valence-corrected chi connectivity index (χ0v) is 12.5. The molecule has 0 bridgehead atoms. The van der Waals surface area contributed by atoms with E-state index in [0.717, 1.165) is 24.5 Å². The van der Waals surface area contributed by atoms with Crippen molar-refractivity contribution in [3.05, 3.63) is 5.56 Å². The third kappa shape index (κ3) is 2.83. The van der Waals surface area contributed by atoms with Crippen molar-refractivity contribution in [2.24, 2.45) is 11.8 Å². The van der Waals surface area contributed by atoms with Gasteiger partial charge in [-0.3, -0.25) is 0 Å². The number of aromatic nitrogens is 1. The molecule has 2 atom stereocenters. The third-order valence-electron chi connectivity index (χ3n) is 3.80. The first-order chi connectivity index (χ1) is 9.04. The van der Waals surface area contributed by atoms with Crippen LogP contribution in [0.3, 0.4) is 0 Å². The summed E-state index contributed by atoms with van der Waals surface area (Å²) in [6.45, 7) is 8.54. The van der Waals surface area contributed by atoms with Gasteiger partial charge in [0.15, 0.2) is 5.82 Å². The van der Waals surface area contributed by atoms with Crippen LogP contribution in [0.1, 0.15) is 37.6 Å². The van der Waals surface area contributed by atoms with Crippen molar-refractivity contribution < 1.29 is 9.53 Å². The molecule has 6 heteroatoms. The molecule has 0 saturated carbocycles. The molecule has 106 valence electrons. The molecule has 5 nitrogen and oxygen atoms in total. The molecule has 0 spiro atoms. The fourth-order valence-corrected chi connectivity index (χ4v) is 3.19. The maximum atomic E-state index is 12.0. The minimum Gasteiger partial charge on any atom is -0.462 e. The Bertz CT molecular complexity index is 461. The van der Waals surface area contributed by atoms with Crippen molar-refractivity contribution in [3.63, 3.8) is 0 Å². The summed E-state index contributed by atoms with van der Waals surface area (Å²) in [6, 6.07) is 0. The summed E-state index contributed by atoms with van der Waals surface area (Å²) in [5.41, 5.74) is 6.25. The highest BCUT2D eigenvalue weighted by atomic mass is 32.1. The Kier molecular flexibility index (Phi) is 4.29. The van der Waals surface area contributed by atoms with Gasteiger partial charge in [0.2, 0.25) is 0 Å². The standard InChI is InChI=1S/C13H21N3O2S/c1-4-18-13(17)10-11(14)15-19-12(10)16-6-5-8(2)9(3)7-16/h8-9H,4-7H2,1-3H3,(H2,14,15). The van der Waals surface area contributed by atoms with Crippen molar-refractivity contribution in [2.45, 2.75) is 27.2 Å². The number of esters is 1. The monoisotopic (exact) mass is 283 g/mol. The Morgan fingerprint density at radius 2 is 2.26 bits per heavy atom. The normalized spacial score (nSPS) is 23.4. The Labute approximate surface area is 117 Å². The zero-order valence-electron chi connectivity index (χ0n) is 11.7. The highest BCUT2D eigenvalue weighted by Gasteiger charge is 2.29. The van der Waals surface area contributed by atoms with Crippen molar-refractivity contribution in [2.75, 3.05) is 30.3 Å². The number of piperidine rings is 1. The van der Waals surface area contributed by atoms with Crippen LogP contribution in [0.4, 0.5) is 10.8 Å². The molecule has 1 aliphatic heterocycles. The summed E-state index contributed by atoms with van der Waals surface area (Å²) >= 11 is 1.29. The first-order valence-electron chi connectivity index (χ1n) is 6.71. The van der Waals surface area contributed by atoms with Crippen LogP contribution in [0.15, 0.2) is 0 Å². The summed E-state index contributed by atoms with van der Waals surface area (Å²) in [7, 11) is 0. The molecule has 2 N–H and O–H groups in total. The zero-order chi connectivity index (χ0) is 14.0. The average Bonchev–Trinajstić information content (AvgIpc) is 2.75. The Morgan fingerprint density at radius 3 is 2.89 bits per heavy atom. The lowest BCUT2D eigenvalue weighted by Gasteiger charge is -2.36. The van der Waals surface area contributed by atoms with Crippen molar-refractivity contribution in [1.82, 2.24) is 4.37 Å². The molecule has 0 amide bonds. The summed E-state index contributed by atoms with van der Waals surface area (Å²) in [5.74, 6) is 1.24. The van der Waals surface area contributed by atoms with Crippen LogP contribution in [-0.4, -0.2) is 30.0 Å². The van der Waals surface area contributed by atoms with Crippen molar-refractivity contribution in [1.29, 1.82) is 0 Å². The van der Waals surface area contributed by atoms with Crippen LogP contribution < -0.4 is 10.6 Å². The molecular weight excluding hydrogens is 262 g/mol. The van der Waals surface area contributed by atoms with E-state index in [0.29, 0.717) is 24.0 Å². The lowest BCUT2D eigenvalue weighted by molar-refractivity contribution is 0.0528. The first-order valence-corrected chi connectivity index (χ1v) is 7.49. The van der Waals surface area contributed by atoms with Crippen LogP contribution in [0.5, 0.6) is 0 Å². The van der Waals surface area contributed by atoms with Gasteiger partial charge in [-0.2, -0.15) is 4.37 Å². The van der Waals surface area contributed by atoms with E-state index in [-0.39, 0.29) is 11.8 Å². The molecule has 1 saturated heterocycles. The van der Waals surface area contributed by atoms with E-state index < -0.39 is 0 Å². The number of carbonyl (C=O) groups excluding carboxylic acids is 1. The van der Waals surface area contributed by atoms with Crippen LogP contribution >= 0.6 is 11.5 Å². The largest absolute Gasteiger partial charge is 0.462 e. The highest BCUT2D eigenvalue weighted by Crippen LogP contribution is 2.35. The minimum absolute atomic E-state index is 0.282. The van der Waals surface area contributed by atoms with Gasteiger partial charge in [-0.1, -0.05) is 13.8 Å². The number of hydrogen-bond acceptors (Lipinski definition) is 6. The number of carbonyl (C=O) groups is 1. The van der Waals surface area contributed by atoms with E-state index >= 15 is 0 Å². The summed E-state index contributed by atoms with van der Waals surface area (Å²) < 4.78 is 9.18. The van der Waals surface area contributed by atoms with Gasteiger partial charge in [0.25, 0.3) is 0 Å². The Hall–Kier alpha value is -1.30. The number of ether oxygens (including phenoxy) is 1. The molecule has 1 aromatic heterocycles. The first kappa shape index (κ1) is 14.1. The SMILES string of the molecule is CCOC(=O)c1c(N)nsc1N1CCC(C)C(C)C1. The van der Waals surface area contributed by atoms with E-state index in [2.05, 4.69) is 23.1 Å². The van der Waals surface area contributed by atoms with E-state index in [1.165, 1.54) is 11.5 Å². The second kappa shape index (κ2) is 5.77. The molecule has 2 unspecified atom stereocenters. The van der Waals surface area contributed by atoms with Gasteiger partial charge >= 0.3 is 5.97 Å². The fourth-order valence-electron chi connectivity index (χ4n) is 2.35. The number of anilines is 2.